The molecule has 6 rings (SSSR count). The number of aliphatic hydroxyl groups is 2. The topological polar surface area (TPSA) is 217 Å². The predicted octanol–water partition coefficient (Wildman–Crippen LogP) is 36.7. The highest BCUT2D eigenvalue weighted by molar-refractivity contribution is 9.10. The highest BCUT2D eigenvalue weighted by Crippen LogP contribution is 2.29. The van der Waals surface area contributed by atoms with Crippen LogP contribution in [-0.2, 0) is 49.8 Å². The Labute approximate surface area is 814 Å². The molecule has 0 aromatic heterocycles. The van der Waals surface area contributed by atoms with Crippen molar-refractivity contribution in [1.29, 1.82) is 0 Å². The molecule has 127 heavy (non-hydrogen) atoms. The van der Waals surface area contributed by atoms with Crippen molar-refractivity contribution in [2.24, 2.45) is 5.92 Å². The van der Waals surface area contributed by atoms with Crippen molar-refractivity contribution in [3.63, 3.8) is 0 Å². The molecular formula is C106H217BrCl2F3NO13S. The third-order valence-electron chi connectivity index (χ3n) is 13.6. The molecule has 5 N–H and O–H groups in total. The fourth-order valence-electron chi connectivity index (χ4n) is 7.29. The predicted molar refractivity (Wildman–Crippen MR) is 582 cm³/mol. The van der Waals surface area contributed by atoms with E-state index >= 15 is 0 Å². The molecule has 5 aromatic rings. The number of esters is 2. The number of unbranched alkanes of at least 4 members (excludes halogenated alkanes) is 5. The van der Waals surface area contributed by atoms with Crippen LogP contribution in [0.1, 0.15) is 382 Å². The molecule has 0 spiro atoms. The van der Waals surface area contributed by atoms with Crippen molar-refractivity contribution < 1.29 is 76.9 Å². The molecule has 21 heteroatoms. The van der Waals surface area contributed by atoms with E-state index in [9.17, 15) is 37.1 Å². The van der Waals surface area contributed by atoms with Gasteiger partial charge in [0.2, 0.25) is 0 Å². The quantitative estimate of drug-likeness (QED) is 0.0332. The number of allylic oxidation sites excluding steroid dienone is 1. The molecule has 0 radical (unpaired) electrons. The number of hydrogen-bond donors (Lipinski definition) is 5. The van der Waals surface area contributed by atoms with Crippen LogP contribution < -0.4 is 0 Å². The van der Waals surface area contributed by atoms with Crippen molar-refractivity contribution in [1.82, 2.24) is 4.90 Å². The minimum atomic E-state index is -4.21. The summed E-state index contributed by atoms with van der Waals surface area (Å²) in [5.74, 6) is -1.86. The number of carboxylic acids is 3. The number of aryl methyl sites for hydroxylation is 6. The number of rotatable bonds is 17. The zero-order valence-electron chi connectivity index (χ0n) is 73.5. The number of carbonyl (C=O) groups is 5. The maximum atomic E-state index is 11.9. The van der Waals surface area contributed by atoms with Crippen LogP contribution in [0, 0.1) is 47.5 Å². The van der Waals surface area contributed by atoms with Gasteiger partial charge in [-0.3, -0.25) is 19.2 Å². The number of methoxy groups -OCH3 is 3. The Kier molecular flexibility index (Phi) is 214. The van der Waals surface area contributed by atoms with Crippen molar-refractivity contribution >= 4 is 80.7 Å². The van der Waals surface area contributed by atoms with E-state index in [0.717, 1.165) is 91.3 Å². The van der Waals surface area contributed by atoms with Gasteiger partial charge in [0.05, 0.1) is 35.9 Å². The van der Waals surface area contributed by atoms with E-state index in [0.29, 0.717) is 35.9 Å². The molecule has 0 heterocycles. The van der Waals surface area contributed by atoms with Crippen molar-refractivity contribution in [2.45, 2.75) is 397 Å². The minimum Gasteiger partial charge on any atom is -0.481 e. The van der Waals surface area contributed by atoms with Crippen LogP contribution in [-0.4, -0.2) is 134 Å². The van der Waals surface area contributed by atoms with E-state index < -0.39 is 29.6 Å². The number of carbonyl (C=O) groups excluding carboxylic acids is 2. The molecule has 0 aliphatic heterocycles. The van der Waals surface area contributed by atoms with Crippen LogP contribution in [0.4, 0.5) is 13.2 Å². The molecule has 14 nitrogen and oxygen atoms in total. The first-order valence-electron chi connectivity index (χ1n) is 38.6. The largest absolute Gasteiger partial charge is 0.481 e. The third kappa shape index (κ3) is 178. The summed E-state index contributed by atoms with van der Waals surface area (Å²) in [4.78, 5) is 50.8. The summed E-state index contributed by atoms with van der Waals surface area (Å²) in [7, 11) is 8.67. The Morgan fingerprint density at radius 3 is 0.969 bits per heavy atom. The van der Waals surface area contributed by atoms with Gasteiger partial charge in [0, 0.05) is 56.6 Å². The van der Waals surface area contributed by atoms with Crippen LogP contribution in [0.15, 0.2) is 132 Å². The maximum Gasteiger partial charge on any atom is 0.416 e. The number of benzene rings is 5. The summed E-state index contributed by atoms with van der Waals surface area (Å²) in [6.07, 6.45) is 21.4. The molecule has 1 saturated carbocycles. The van der Waals surface area contributed by atoms with E-state index in [-0.39, 0.29) is 149 Å². The normalized spacial score (nSPS) is 10.1. The van der Waals surface area contributed by atoms with E-state index in [2.05, 4.69) is 195 Å². The number of aliphatic hydroxyl groups excluding tert-OH is 2. The van der Waals surface area contributed by atoms with E-state index in [1.54, 1.807) is 52.6 Å². The van der Waals surface area contributed by atoms with Gasteiger partial charge >= 0.3 is 36.0 Å². The Hall–Kier alpha value is -5.77. The molecule has 1 fully saturated rings. The van der Waals surface area contributed by atoms with Gasteiger partial charge in [-0.15, -0.1) is 0 Å². The van der Waals surface area contributed by atoms with Crippen LogP contribution in [0.25, 0.3) is 0 Å². The lowest BCUT2D eigenvalue weighted by atomic mass is 9.87. The lowest BCUT2D eigenvalue weighted by molar-refractivity contribution is -0.141. The summed E-state index contributed by atoms with van der Waals surface area (Å²) in [5, 5.41) is 42.0. The van der Waals surface area contributed by atoms with Gasteiger partial charge < -0.3 is 44.6 Å². The van der Waals surface area contributed by atoms with Gasteiger partial charge in [0.1, 0.15) is 0 Å². The number of hydrogen-bond acceptors (Lipinski definition) is 12. The molecule has 0 amide bonds. The summed E-state index contributed by atoms with van der Waals surface area (Å²) in [6, 6.07) is 36.0. The molecule has 2 atom stereocenters. The van der Waals surface area contributed by atoms with Crippen molar-refractivity contribution in [3.05, 3.63) is 186 Å². The van der Waals surface area contributed by atoms with E-state index in [4.69, 9.17) is 53.5 Å². The van der Waals surface area contributed by atoms with Gasteiger partial charge in [0.15, 0.2) is 0 Å². The Morgan fingerprint density at radius 1 is 0.488 bits per heavy atom. The molecule has 5 aromatic carbocycles. The zero-order chi connectivity index (χ0) is 88.2. The molecule has 1 aliphatic rings. The van der Waals surface area contributed by atoms with Crippen molar-refractivity contribution in [3.8, 4) is 0 Å². The summed E-state index contributed by atoms with van der Waals surface area (Å²) in [5.41, 5.74) is 8.35. The fourth-order valence-corrected chi connectivity index (χ4v) is 7.91. The first kappa shape index (κ1) is 193. The summed E-state index contributed by atoms with van der Waals surface area (Å²) >= 11 is 16.4. The average molecular weight is 1950 g/mol. The van der Waals surface area contributed by atoms with Crippen molar-refractivity contribution in [2.75, 3.05) is 67.7 Å². The van der Waals surface area contributed by atoms with E-state index in [1.165, 1.54) is 118 Å². The summed E-state index contributed by atoms with van der Waals surface area (Å²) in [6.45, 7) is 43.1. The number of halogens is 6. The molecule has 0 bridgehead atoms. The molecule has 772 valence electrons. The van der Waals surface area contributed by atoms with Crippen LogP contribution in [0.5, 0.6) is 0 Å². The van der Waals surface area contributed by atoms with Gasteiger partial charge in [0.25, 0.3) is 0 Å². The second-order valence-corrected chi connectivity index (χ2v) is 29.1. The van der Waals surface area contributed by atoms with Crippen LogP contribution >= 0.6 is 50.9 Å². The maximum absolute atomic E-state index is 11.9. The molecule has 0 saturated heterocycles. The molecular weight excluding hydrogens is 1740 g/mol. The van der Waals surface area contributed by atoms with E-state index in [1.807, 2.05) is 57.5 Å². The second kappa shape index (κ2) is 141. The molecule has 1 aliphatic carbocycles. The first-order valence-corrected chi connectivity index (χ1v) is 41.7. The number of aliphatic carboxylic acids is 3. The number of alkyl halides is 3. The standard InChI is InChI=1S/C11H16.C8H7F3.C8H10.C7H7Br.C7H6Cl2.C7H14O.C6H14.C5H13N.C5H10O2.C5H12O.2C4H8O2.C4H6O2.C4H10O.C3H6O2.C2H6S.16CH4/c1-9-5-7-10(8-6-9)11(2,3)4;1-6-2-4-7(5-3-6)8(9,10)11;1-7-3-5-8(2)6-4-7;1-6-2-4-7(8)5-3-6;1-5-2-3-6(8)7(9)4-5;1-6-3-2-4-7(8)5-6;1-3-5-6-4-2;1-4-5-6(2)3;1-3-4-5(6)7-2;1-2-3-4-5-6;1-3-4(5)6-2;2*1-2-3-4(5)6;1-3-4-5-2;1-2-3(4)5;1-3-2;;;;;;;;;;;;;;;;/h5-8H,1-4H3;2-5H,1H3;3-6H,1-2H3;2-5H,1H3;2-4H,1H3;6-8H,2-5H2,1H3;3-6H2,1-2H3;4-5H2,1-3H3;3-4H2,1-2H3;6H,2-5H2,1H3;3H2,1-2H3;2-3H2,1H3,(H,5,6);2-3H,1H3,(H,5,6);3-4H2,1-2H3;2H2,1H3,(H,4,5);1-2H3;16*1H4/b;;;;;;;;;;;;3-2-;;;;;;;;;;;;;;;;;;;. The fraction of sp³-hybridized carbons (Fsp3) is 0.651. The van der Waals surface area contributed by atoms with Crippen LogP contribution in [0.2, 0.25) is 10.0 Å². The lowest BCUT2D eigenvalue weighted by Crippen LogP contribution is -2.16. The van der Waals surface area contributed by atoms with Crippen LogP contribution in [0.3, 0.4) is 0 Å². The SMILES string of the molecule is C.C.C.C.C.C.C.C.C.C.C.C.C.C.C.C.C/C=C\C(=O)O.CC1CCCC(O)C1.CCC(=O)O.CCC(=O)OC.CCCC(=O)O.CCCC(=O)OC.CCCCCC.CCCCCO.CCCN(C)C.CCCOC.CSC.Cc1ccc(Br)cc1.Cc1ccc(C(C)(C)C)cc1.Cc1ccc(C(F)(F)F)cc1.Cc1ccc(C)cc1.Cc1ccc(Cl)c(Cl)c1. The van der Waals surface area contributed by atoms with Gasteiger partial charge in [-0.2, -0.15) is 24.9 Å². The number of nitrogens with zero attached hydrogens (tertiary/aromatic N) is 1. The van der Waals surface area contributed by atoms with Gasteiger partial charge in [-0.25, -0.2) is 4.79 Å². The van der Waals surface area contributed by atoms with Gasteiger partial charge in [-0.05, 0) is 185 Å². The summed E-state index contributed by atoms with van der Waals surface area (Å²) < 4.78 is 50.2. The molecule has 2 unspecified atom stereocenters. The Balaban J connectivity index is -0.0000000357. The van der Waals surface area contributed by atoms with Gasteiger partial charge in [-0.1, -0.05) is 412 Å². The highest BCUT2D eigenvalue weighted by Gasteiger charge is 2.29. The number of thioether (sulfide) groups is 1. The zero-order valence-corrected chi connectivity index (χ0v) is 77.4. The lowest BCUT2D eigenvalue weighted by Gasteiger charge is -2.21. The number of carboxylic acid groups (broad SMARTS) is 3. The number of ether oxygens (including phenoxy) is 3. The third-order valence-corrected chi connectivity index (χ3v) is 14.8. The monoisotopic (exact) mass is 1950 g/mol. The average Bonchev–Trinajstić information content (AvgIpc) is 0.799. The Bertz CT molecular complexity index is 2690. The Morgan fingerprint density at radius 2 is 0.819 bits per heavy atom. The highest BCUT2D eigenvalue weighted by atomic mass is 79.9. The first-order chi connectivity index (χ1) is 51.9. The minimum absolute atomic E-state index is 0. The second-order valence-electron chi connectivity index (χ2n) is 26.6. The smallest absolute Gasteiger partial charge is 0.416 e.